The second-order valence-electron chi connectivity index (χ2n) is 4.77. The molecule has 0 fully saturated rings. The number of benzene rings is 1. The summed E-state index contributed by atoms with van der Waals surface area (Å²) in [6.45, 7) is 3.34. The molecule has 2 N–H and O–H groups in total. The van der Waals surface area contributed by atoms with Crippen molar-refractivity contribution in [2.75, 3.05) is 25.9 Å². The first-order valence-corrected chi connectivity index (χ1v) is 8.37. The highest BCUT2D eigenvalue weighted by Crippen LogP contribution is 2.17. The van der Waals surface area contributed by atoms with E-state index in [1.165, 1.54) is 5.56 Å². The highest BCUT2D eigenvalue weighted by molar-refractivity contribution is 7.89. The largest absolute Gasteiger partial charge is 0.320 e. The highest BCUT2D eigenvalue weighted by atomic mass is 32.2. The van der Waals surface area contributed by atoms with E-state index < -0.39 is 10.0 Å². The van der Waals surface area contributed by atoms with Crippen molar-refractivity contribution in [2.24, 2.45) is 0 Å². The molecule has 108 valence electrons. The molecule has 0 heterocycles. The van der Waals surface area contributed by atoms with Crippen LogP contribution in [0.5, 0.6) is 0 Å². The van der Waals surface area contributed by atoms with E-state index in [0.29, 0.717) is 18.9 Å². The molecular weight excluding hydrogens is 260 g/mol. The van der Waals surface area contributed by atoms with Crippen LogP contribution in [0.4, 0.5) is 0 Å². The van der Waals surface area contributed by atoms with E-state index in [9.17, 15) is 8.42 Å². The average molecular weight is 284 g/mol. The summed E-state index contributed by atoms with van der Waals surface area (Å²) < 4.78 is 26.0. The van der Waals surface area contributed by atoms with Gasteiger partial charge in [0.15, 0.2) is 0 Å². The smallest absolute Gasteiger partial charge is 0.211 e. The monoisotopic (exact) mass is 284 g/mol. The van der Waals surface area contributed by atoms with Crippen LogP contribution >= 0.6 is 0 Å². The number of sulfonamides is 1. The van der Waals surface area contributed by atoms with Crippen LogP contribution in [-0.4, -0.2) is 34.3 Å². The molecule has 1 unspecified atom stereocenters. The molecule has 1 rings (SSSR count). The Hall–Kier alpha value is -0.910. The summed E-state index contributed by atoms with van der Waals surface area (Å²) in [6, 6.07) is 10.2. The fourth-order valence-corrected chi connectivity index (χ4v) is 2.99. The van der Waals surface area contributed by atoms with E-state index in [1.54, 1.807) is 0 Å². The van der Waals surface area contributed by atoms with Gasteiger partial charge in [0, 0.05) is 6.54 Å². The third-order valence-corrected chi connectivity index (χ3v) is 4.58. The Kier molecular flexibility index (Phi) is 7.05. The van der Waals surface area contributed by atoms with Crippen molar-refractivity contribution in [1.29, 1.82) is 0 Å². The summed E-state index contributed by atoms with van der Waals surface area (Å²) in [5, 5.41) is 2.94. The summed E-state index contributed by atoms with van der Waals surface area (Å²) in [7, 11) is -1.30. The van der Waals surface area contributed by atoms with Crippen LogP contribution in [0, 0.1) is 0 Å². The highest BCUT2D eigenvalue weighted by Gasteiger charge is 2.10. The first kappa shape index (κ1) is 16.1. The first-order valence-electron chi connectivity index (χ1n) is 6.72. The topological polar surface area (TPSA) is 58.2 Å². The van der Waals surface area contributed by atoms with Gasteiger partial charge in [-0.25, -0.2) is 13.1 Å². The third kappa shape index (κ3) is 6.71. The molecule has 1 aromatic rings. The Morgan fingerprint density at radius 3 is 2.47 bits per heavy atom. The molecule has 0 aliphatic rings. The molecule has 1 aromatic carbocycles. The van der Waals surface area contributed by atoms with E-state index in [1.807, 2.05) is 25.2 Å². The van der Waals surface area contributed by atoms with Crippen LogP contribution in [-0.2, 0) is 10.0 Å². The Balaban J connectivity index is 2.30. The van der Waals surface area contributed by atoms with Crippen molar-refractivity contribution >= 4 is 10.0 Å². The van der Waals surface area contributed by atoms with Gasteiger partial charge in [0.1, 0.15) is 0 Å². The maximum absolute atomic E-state index is 11.7. The van der Waals surface area contributed by atoms with Crippen LogP contribution in [0.1, 0.15) is 31.2 Å². The SMILES string of the molecule is CNCCCS(=O)(=O)NCCC(C)c1ccccc1. The van der Waals surface area contributed by atoms with Gasteiger partial charge in [0.2, 0.25) is 10.0 Å². The molecule has 0 aliphatic heterocycles. The van der Waals surface area contributed by atoms with Gasteiger partial charge in [0.05, 0.1) is 5.75 Å². The zero-order valence-corrected chi connectivity index (χ0v) is 12.5. The molecule has 0 bridgehead atoms. The average Bonchev–Trinajstić information content (AvgIpc) is 2.39. The van der Waals surface area contributed by atoms with E-state index in [-0.39, 0.29) is 5.75 Å². The van der Waals surface area contributed by atoms with Crippen LogP contribution in [0.15, 0.2) is 30.3 Å². The minimum absolute atomic E-state index is 0.188. The number of hydrogen-bond donors (Lipinski definition) is 2. The summed E-state index contributed by atoms with van der Waals surface area (Å²) in [6.07, 6.45) is 1.45. The van der Waals surface area contributed by atoms with Crippen molar-refractivity contribution in [3.05, 3.63) is 35.9 Å². The molecule has 0 radical (unpaired) electrons. The number of rotatable bonds is 9. The Bertz CT molecular complexity index is 446. The minimum atomic E-state index is -3.12. The summed E-state index contributed by atoms with van der Waals surface area (Å²) >= 11 is 0. The van der Waals surface area contributed by atoms with Crippen molar-refractivity contribution in [3.63, 3.8) is 0 Å². The molecule has 5 heteroatoms. The van der Waals surface area contributed by atoms with Gasteiger partial charge < -0.3 is 5.32 Å². The zero-order valence-electron chi connectivity index (χ0n) is 11.7. The van der Waals surface area contributed by atoms with Crippen LogP contribution < -0.4 is 10.0 Å². The van der Waals surface area contributed by atoms with Crippen molar-refractivity contribution in [1.82, 2.24) is 10.0 Å². The first-order chi connectivity index (χ1) is 9.05. The molecule has 0 aromatic heterocycles. The van der Waals surface area contributed by atoms with E-state index in [4.69, 9.17) is 0 Å². The number of nitrogens with one attached hydrogen (secondary N) is 2. The van der Waals surface area contributed by atoms with Crippen molar-refractivity contribution in [3.8, 4) is 0 Å². The quantitative estimate of drug-likeness (QED) is 0.679. The van der Waals surface area contributed by atoms with Gasteiger partial charge in [-0.15, -0.1) is 0 Å². The molecule has 19 heavy (non-hydrogen) atoms. The van der Waals surface area contributed by atoms with Gasteiger partial charge in [-0.3, -0.25) is 0 Å². The van der Waals surface area contributed by atoms with Crippen LogP contribution in [0.2, 0.25) is 0 Å². The van der Waals surface area contributed by atoms with Crippen molar-refractivity contribution < 1.29 is 8.42 Å². The van der Waals surface area contributed by atoms with Gasteiger partial charge >= 0.3 is 0 Å². The van der Waals surface area contributed by atoms with Crippen LogP contribution in [0.25, 0.3) is 0 Å². The zero-order chi connectivity index (χ0) is 14.1. The predicted molar refractivity (Wildman–Crippen MR) is 79.8 cm³/mol. The fourth-order valence-electron chi connectivity index (χ4n) is 1.89. The van der Waals surface area contributed by atoms with E-state index >= 15 is 0 Å². The minimum Gasteiger partial charge on any atom is -0.320 e. The molecule has 0 amide bonds. The Labute approximate surface area is 116 Å². The summed E-state index contributed by atoms with van der Waals surface area (Å²) in [5.41, 5.74) is 1.25. The van der Waals surface area contributed by atoms with Gasteiger partial charge in [0.25, 0.3) is 0 Å². The van der Waals surface area contributed by atoms with Crippen molar-refractivity contribution in [2.45, 2.75) is 25.7 Å². The molecule has 0 spiro atoms. The number of hydrogen-bond acceptors (Lipinski definition) is 3. The Morgan fingerprint density at radius 2 is 1.84 bits per heavy atom. The summed E-state index contributed by atoms with van der Waals surface area (Å²) in [4.78, 5) is 0. The van der Waals surface area contributed by atoms with Gasteiger partial charge in [-0.05, 0) is 37.9 Å². The van der Waals surface area contributed by atoms with E-state index in [0.717, 1.165) is 13.0 Å². The lowest BCUT2D eigenvalue weighted by Gasteiger charge is -2.12. The summed E-state index contributed by atoms with van der Waals surface area (Å²) in [5.74, 6) is 0.550. The second-order valence-corrected chi connectivity index (χ2v) is 6.70. The second kappa shape index (κ2) is 8.30. The molecule has 0 saturated carbocycles. The Morgan fingerprint density at radius 1 is 1.16 bits per heavy atom. The lowest BCUT2D eigenvalue weighted by atomic mass is 9.98. The maximum atomic E-state index is 11.7. The van der Waals surface area contributed by atoms with E-state index in [2.05, 4.69) is 29.1 Å². The molecular formula is C14H24N2O2S. The van der Waals surface area contributed by atoms with Gasteiger partial charge in [-0.1, -0.05) is 37.3 Å². The standard InChI is InChI=1S/C14H24N2O2S/c1-13(14-7-4-3-5-8-14)9-11-16-19(17,18)12-6-10-15-2/h3-5,7-8,13,15-16H,6,9-12H2,1-2H3. The lowest BCUT2D eigenvalue weighted by Crippen LogP contribution is -2.29. The molecule has 0 saturated heterocycles. The predicted octanol–water partition coefficient (Wildman–Crippen LogP) is 1.71. The third-order valence-electron chi connectivity index (χ3n) is 3.11. The normalized spacial score (nSPS) is 13.4. The lowest BCUT2D eigenvalue weighted by molar-refractivity contribution is 0.569. The fraction of sp³-hybridized carbons (Fsp3) is 0.571. The maximum Gasteiger partial charge on any atom is 0.211 e. The van der Waals surface area contributed by atoms with Gasteiger partial charge in [-0.2, -0.15) is 0 Å². The molecule has 0 aliphatic carbocycles. The van der Waals surface area contributed by atoms with Crippen LogP contribution in [0.3, 0.4) is 0 Å². The molecule has 4 nitrogen and oxygen atoms in total. The molecule has 1 atom stereocenters.